The summed E-state index contributed by atoms with van der Waals surface area (Å²) in [4.78, 5) is 0. The molecule has 0 aliphatic carbocycles. The maximum atomic E-state index is 4.54. The first-order valence-electron chi connectivity index (χ1n) is 6.90. The zero-order valence-electron chi connectivity index (χ0n) is 11.4. The molecule has 1 aromatic rings. The lowest BCUT2D eigenvalue weighted by Crippen LogP contribution is -2.44. The van der Waals surface area contributed by atoms with Crippen molar-refractivity contribution >= 4 is 0 Å². The minimum Gasteiger partial charge on any atom is -0.311 e. The third-order valence-corrected chi connectivity index (χ3v) is 3.92. The fourth-order valence-electron chi connectivity index (χ4n) is 2.76. The van der Waals surface area contributed by atoms with Crippen molar-refractivity contribution in [1.29, 1.82) is 0 Å². The van der Waals surface area contributed by atoms with Crippen LogP contribution in [0.2, 0.25) is 0 Å². The summed E-state index contributed by atoms with van der Waals surface area (Å²) >= 11 is 0. The lowest BCUT2D eigenvalue weighted by molar-refractivity contribution is 0.338. The average molecular weight is 235 g/mol. The summed E-state index contributed by atoms with van der Waals surface area (Å²) in [5.41, 5.74) is 2.83. The zero-order chi connectivity index (χ0) is 12.3. The fourth-order valence-corrected chi connectivity index (χ4v) is 2.76. The highest BCUT2D eigenvalue weighted by Crippen LogP contribution is 2.23. The van der Waals surface area contributed by atoms with E-state index in [1.54, 1.807) is 0 Å². The molecular weight excluding hydrogens is 210 g/mol. The summed E-state index contributed by atoms with van der Waals surface area (Å²) in [5.74, 6) is 0. The Morgan fingerprint density at radius 3 is 2.94 bits per heavy atom. The third kappa shape index (κ3) is 3.09. The predicted octanol–water partition coefficient (Wildman–Crippen LogP) is 2.45. The number of hydrogen-bond acceptors (Lipinski definition) is 2. The van der Waals surface area contributed by atoms with Crippen molar-refractivity contribution in [2.75, 3.05) is 6.54 Å². The van der Waals surface area contributed by atoms with Crippen LogP contribution in [0.5, 0.6) is 0 Å². The van der Waals surface area contributed by atoms with Gasteiger partial charge in [-0.15, -0.1) is 0 Å². The molecule has 1 aliphatic heterocycles. The van der Waals surface area contributed by atoms with Gasteiger partial charge in [0.15, 0.2) is 0 Å². The second kappa shape index (κ2) is 5.21. The quantitative estimate of drug-likeness (QED) is 0.872. The van der Waals surface area contributed by atoms with E-state index in [0.29, 0.717) is 0 Å². The van der Waals surface area contributed by atoms with Crippen LogP contribution in [0.1, 0.15) is 50.9 Å². The number of rotatable bonds is 3. The van der Waals surface area contributed by atoms with Gasteiger partial charge in [0.25, 0.3) is 0 Å². The molecule has 1 N–H and O–H groups in total. The first-order chi connectivity index (χ1) is 8.13. The molecule has 1 aromatic heterocycles. The van der Waals surface area contributed by atoms with Crippen molar-refractivity contribution in [3.05, 3.63) is 17.5 Å². The van der Waals surface area contributed by atoms with E-state index in [0.717, 1.165) is 19.4 Å². The van der Waals surface area contributed by atoms with Crippen LogP contribution in [0, 0.1) is 0 Å². The Morgan fingerprint density at radius 2 is 2.24 bits per heavy atom. The summed E-state index contributed by atoms with van der Waals surface area (Å²) < 4.78 is 2.05. The second-order valence-electron chi connectivity index (χ2n) is 5.58. The zero-order valence-corrected chi connectivity index (χ0v) is 11.4. The Balaban J connectivity index is 2.09. The van der Waals surface area contributed by atoms with Crippen LogP contribution in [0.15, 0.2) is 6.07 Å². The predicted molar refractivity (Wildman–Crippen MR) is 71.2 cm³/mol. The molecule has 3 heteroatoms. The van der Waals surface area contributed by atoms with E-state index in [-0.39, 0.29) is 5.54 Å². The molecule has 2 heterocycles. The summed E-state index contributed by atoms with van der Waals surface area (Å²) in [6, 6.07) is 2.26. The molecule has 0 radical (unpaired) electrons. The number of aromatic nitrogens is 2. The molecule has 1 saturated heterocycles. The maximum Gasteiger partial charge on any atom is 0.0624 e. The third-order valence-electron chi connectivity index (χ3n) is 3.92. The molecule has 2 rings (SSSR count). The lowest BCUT2D eigenvalue weighted by Gasteiger charge is -2.29. The maximum absolute atomic E-state index is 4.54. The Labute approximate surface area is 105 Å². The molecule has 1 unspecified atom stereocenters. The van der Waals surface area contributed by atoms with Crippen molar-refractivity contribution < 1.29 is 0 Å². The van der Waals surface area contributed by atoms with Crippen LogP contribution >= 0.6 is 0 Å². The van der Waals surface area contributed by atoms with Gasteiger partial charge >= 0.3 is 0 Å². The average Bonchev–Trinajstić information content (AvgIpc) is 2.51. The Kier molecular flexibility index (Phi) is 3.87. The molecule has 0 spiro atoms. The minimum atomic E-state index is 0.259. The Hall–Kier alpha value is -0.830. The van der Waals surface area contributed by atoms with E-state index in [4.69, 9.17) is 0 Å². The first-order valence-corrected chi connectivity index (χ1v) is 6.90. The smallest absolute Gasteiger partial charge is 0.0624 e. The van der Waals surface area contributed by atoms with Crippen LogP contribution in [-0.4, -0.2) is 21.9 Å². The van der Waals surface area contributed by atoms with Crippen LogP contribution in [0.3, 0.4) is 0 Å². The summed E-state index contributed by atoms with van der Waals surface area (Å²) in [6.07, 6.45) is 7.44. The first kappa shape index (κ1) is 12.6. The van der Waals surface area contributed by atoms with E-state index < -0.39 is 0 Å². The minimum absolute atomic E-state index is 0.259. The van der Waals surface area contributed by atoms with Crippen molar-refractivity contribution in [2.45, 2.75) is 57.9 Å². The molecule has 1 atom stereocenters. The highest BCUT2D eigenvalue weighted by molar-refractivity contribution is 5.13. The molecule has 0 bridgehead atoms. The number of nitrogens with one attached hydrogen (secondary N) is 1. The largest absolute Gasteiger partial charge is 0.311 e. The van der Waals surface area contributed by atoms with Crippen molar-refractivity contribution in [2.24, 2.45) is 7.05 Å². The van der Waals surface area contributed by atoms with Gasteiger partial charge in [-0.3, -0.25) is 4.68 Å². The number of aryl methyl sites for hydroxylation is 2. The van der Waals surface area contributed by atoms with Crippen molar-refractivity contribution in [3.63, 3.8) is 0 Å². The molecule has 17 heavy (non-hydrogen) atoms. The van der Waals surface area contributed by atoms with E-state index >= 15 is 0 Å². The van der Waals surface area contributed by atoms with Gasteiger partial charge in [-0.1, -0.05) is 19.8 Å². The molecule has 0 amide bonds. The second-order valence-corrected chi connectivity index (χ2v) is 5.58. The van der Waals surface area contributed by atoms with Gasteiger partial charge in [-0.25, -0.2) is 0 Å². The summed E-state index contributed by atoms with van der Waals surface area (Å²) in [6.45, 7) is 5.68. The highest BCUT2D eigenvalue weighted by Gasteiger charge is 2.26. The van der Waals surface area contributed by atoms with Crippen LogP contribution < -0.4 is 5.32 Å². The van der Waals surface area contributed by atoms with Gasteiger partial charge in [-0.2, -0.15) is 5.10 Å². The van der Waals surface area contributed by atoms with Gasteiger partial charge in [0.05, 0.1) is 5.69 Å². The molecule has 0 aromatic carbocycles. The molecular formula is C14H25N3. The lowest BCUT2D eigenvalue weighted by atomic mass is 9.90. The summed E-state index contributed by atoms with van der Waals surface area (Å²) in [7, 11) is 2.06. The molecule has 0 saturated carbocycles. The number of hydrogen-bond donors (Lipinski definition) is 1. The molecule has 1 aliphatic rings. The normalized spacial score (nSPS) is 25.8. The Bertz CT molecular complexity index is 360. The van der Waals surface area contributed by atoms with E-state index in [2.05, 4.69) is 42.1 Å². The van der Waals surface area contributed by atoms with Crippen molar-refractivity contribution in [1.82, 2.24) is 15.1 Å². The SMILES string of the molecule is CCc1cc(CC2(C)CCCCCN2)n(C)n1. The van der Waals surface area contributed by atoms with Gasteiger partial charge < -0.3 is 5.32 Å². The summed E-state index contributed by atoms with van der Waals surface area (Å²) in [5, 5.41) is 8.26. The van der Waals surface area contributed by atoms with Crippen LogP contribution in [-0.2, 0) is 19.9 Å². The fraction of sp³-hybridized carbons (Fsp3) is 0.786. The monoisotopic (exact) mass is 235 g/mol. The molecule has 96 valence electrons. The Morgan fingerprint density at radius 1 is 1.41 bits per heavy atom. The van der Waals surface area contributed by atoms with E-state index in [1.807, 2.05) is 0 Å². The van der Waals surface area contributed by atoms with Gasteiger partial charge in [0.1, 0.15) is 0 Å². The van der Waals surface area contributed by atoms with E-state index in [9.17, 15) is 0 Å². The van der Waals surface area contributed by atoms with Gasteiger partial charge in [0, 0.05) is 24.7 Å². The standard InChI is InChI=1S/C14H25N3/c1-4-12-10-13(17(3)16-12)11-14(2)8-6-5-7-9-15-14/h10,15H,4-9,11H2,1-3H3. The van der Waals surface area contributed by atoms with Crippen LogP contribution in [0.4, 0.5) is 0 Å². The molecule has 3 nitrogen and oxygen atoms in total. The number of nitrogens with zero attached hydrogens (tertiary/aromatic N) is 2. The van der Waals surface area contributed by atoms with Gasteiger partial charge in [0.2, 0.25) is 0 Å². The van der Waals surface area contributed by atoms with Gasteiger partial charge in [-0.05, 0) is 38.8 Å². The van der Waals surface area contributed by atoms with E-state index in [1.165, 1.54) is 37.1 Å². The topological polar surface area (TPSA) is 29.9 Å². The van der Waals surface area contributed by atoms with Crippen molar-refractivity contribution in [3.8, 4) is 0 Å². The molecule has 1 fully saturated rings. The highest BCUT2D eigenvalue weighted by atomic mass is 15.3. The van der Waals surface area contributed by atoms with Crippen LogP contribution in [0.25, 0.3) is 0 Å².